The monoisotopic (exact) mass is 294 g/mol. The summed E-state index contributed by atoms with van der Waals surface area (Å²) in [4.78, 5) is 2.22. The largest absolute Gasteiger partial charge is 0.368 e. The van der Waals surface area contributed by atoms with Gasteiger partial charge >= 0.3 is 0 Å². The molecule has 21 heavy (non-hydrogen) atoms. The fraction of sp³-hybridized carbons (Fsp3) is 0.667. The molecule has 0 bridgehead atoms. The summed E-state index contributed by atoms with van der Waals surface area (Å²) in [7, 11) is 0. The minimum Gasteiger partial charge on any atom is -0.368 e. The van der Waals surface area contributed by atoms with Gasteiger partial charge in [0.15, 0.2) is 0 Å². The highest BCUT2D eigenvalue weighted by atomic mass is 19.1. The molecular weight excluding hydrogens is 263 g/mol. The molecule has 0 spiro atoms. The van der Waals surface area contributed by atoms with Gasteiger partial charge in [0.1, 0.15) is 5.82 Å². The second kappa shape index (κ2) is 9.04. The molecule has 0 radical (unpaired) electrons. The van der Waals surface area contributed by atoms with Gasteiger partial charge < -0.3 is 10.2 Å². The van der Waals surface area contributed by atoms with E-state index < -0.39 is 0 Å². The van der Waals surface area contributed by atoms with E-state index in [0.29, 0.717) is 11.8 Å². The summed E-state index contributed by atoms with van der Waals surface area (Å²) in [5.74, 6) is 0.923. The highest BCUT2D eigenvalue weighted by molar-refractivity contribution is 5.55. The van der Waals surface area contributed by atoms with Crippen LogP contribution in [0.4, 0.5) is 10.1 Å². The predicted octanol–water partition coefficient (Wildman–Crippen LogP) is 4.44. The molecule has 0 aliphatic carbocycles. The van der Waals surface area contributed by atoms with Crippen molar-refractivity contribution in [2.75, 3.05) is 24.5 Å². The quantitative estimate of drug-likeness (QED) is 0.677. The van der Waals surface area contributed by atoms with Crippen LogP contribution in [0, 0.1) is 17.7 Å². The maximum absolute atomic E-state index is 14.4. The van der Waals surface area contributed by atoms with Crippen molar-refractivity contribution in [2.24, 2.45) is 11.8 Å². The van der Waals surface area contributed by atoms with Crippen LogP contribution in [0.1, 0.15) is 46.6 Å². The van der Waals surface area contributed by atoms with Crippen LogP contribution < -0.4 is 10.2 Å². The van der Waals surface area contributed by atoms with E-state index in [0.717, 1.165) is 43.9 Å². The van der Waals surface area contributed by atoms with Gasteiger partial charge in [-0.1, -0.05) is 46.8 Å². The number of halogens is 1. The molecule has 0 heterocycles. The van der Waals surface area contributed by atoms with Gasteiger partial charge in [0.25, 0.3) is 0 Å². The molecule has 0 saturated heterocycles. The molecule has 1 aromatic carbocycles. The Bertz CT molecular complexity index is 406. The number of para-hydroxylation sites is 1. The lowest BCUT2D eigenvalue weighted by Crippen LogP contribution is -2.33. The van der Waals surface area contributed by atoms with Crippen molar-refractivity contribution >= 4 is 5.69 Å². The minimum atomic E-state index is -0.105. The Morgan fingerprint density at radius 3 is 2.24 bits per heavy atom. The Hall–Kier alpha value is -1.09. The van der Waals surface area contributed by atoms with E-state index in [1.54, 1.807) is 6.07 Å². The van der Waals surface area contributed by atoms with Crippen molar-refractivity contribution in [3.05, 3.63) is 29.6 Å². The zero-order valence-electron chi connectivity index (χ0n) is 14.2. The zero-order valence-corrected chi connectivity index (χ0v) is 14.2. The van der Waals surface area contributed by atoms with Crippen LogP contribution in [0.15, 0.2) is 18.2 Å². The average Bonchev–Trinajstić information content (AvgIpc) is 2.37. The van der Waals surface area contributed by atoms with Crippen molar-refractivity contribution in [1.29, 1.82) is 0 Å². The van der Waals surface area contributed by atoms with Crippen LogP contribution in [-0.4, -0.2) is 19.6 Å². The number of nitrogens with one attached hydrogen (secondary N) is 1. The fourth-order valence-corrected chi connectivity index (χ4v) is 2.60. The number of nitrogens with zero attached hydrogens (tertiary/aromatic N) is 1. The molecule has 0 aliphatic rings. The highest BCUT2D eigenvalue weighted by Crippen LogP contribution is 2.26. The van der Waals surface area contributed by atoms with E-state index >= 15 is 0 Å². The van der Waals surface area contributed by atoms with Crippen LogP contribution in [0.5, 0.6) is 0 Å². The molecule has 1 aromatic rings. The van der Waals surface area contributed by atoms with Crippen LogP contribution in [-0.2, 0) is 6.54 Å². The molecule has 3 heteroatoms. The van der Waals surface area contributed by atoms with Crippen LogP contribution in [0.25, 0.3) is 0 Å². The van der Waals surface area contributed by atoms with Crippen LogP contribution in [0.3, 0.4) is 0 Å². The Kier molecular flexibility index (Phi) is 7.73. The summed E-state index contributed by atoms with van der Waals surface area (Å²) < 4.78 is 14.4. The maximum Gasteiger partial charge on any atom is 0.146 e. The first-order valence-electron chi connectivity index (χ1n) is 8.18. The third kappa shape index (κ3) is 6.04. The lowest BCUT2D eigenvalue weighted by atomic mass is 10.1. The zero-order chi connectivity index (χ0) is 15.8. The van der Waals surface area contributed by atoms with Crippen molar-refractivity contribution in [2.45, 2.75) is 47.6 Å². The molecule has 1 N–H and O–H groups in total. The molecule has 0 aliphatic heterocycles. The summed E-state index contributed by atoms with van der Waals surface area (Å²) >= 11 is 0. The predicted molar refractivity (Wildman–Crippen MR) is 90.3 cm³/mol. The molecule has 120 valence electrons. The van der Waals surface area contributed by atoms with Gasteiger partial charge in [-0.25, -0.2) is 4.39 Å². The fourth-order valence-electron chi connectivity index (χ4n) is 2.60. The summed E-state index contributed by atoms with van der Waals surface area (Å²) in [6.07, 6.45) is 1.09. The Labute approximate surface area is 129 Å². The average molecular weight is 294 g/mol. The first-order valence-corrected chi connectivity index (χ1v) is 8.18. The molecule has 0 unspecified atom stereocenters. The Balaban J connectivity index is 3.03. The van der Waals surface area contributed by atoms with E-state index in [4.69, 9.17) is 0 Å². The molecular formula is C18H31FN2. The first kappa shape index (κ1) is 18.0. The summed E-state index contributed by atoms with van der Waals surface area (Å²) in [6.45, 7) is 14.3. The number of benzene rings is 1. The third-order valence-electron chi connectivity index (χ3n) is 3.30. The Morgan fingerprint density at radius 1 is 1.10 bits per heavy atom. The van der Waals surface area contributed by atoms with Gasteiger partial charge in [-0.05, 0) is 36.4 Å². The number of anilines is 1. The maximum atomic E-state index is 14.4. The molecule has 0 fully saturated rings. The smallest absolute Gasteiger partial charge is 0.146 e. The van der Waals surface area contributed by atoms with Gasteiger partial charge in [-0.15, -0.1) is 0 Å². The molecule has 0 aromatic heterocycles. The molecule has 0 amide bonds. The van der Waals surface area contributed by atoms with Crippen molar-refractivity contribution in [3.63, 3.8) is 0 Å². The van der Waals surface area contributed by atoms with E-state index in [9.17, 15) is 4.39 Å². The Morgan fingerprint density at radius 2 is 1.71 bits per heavy atom. The minimum absolute atomic E-state index is 0.105. The van der Waals surface area contributed by atoms with Crippen molar-refractivity contribution < 1.29 is 4.39 Å². The van der Waals surface area contributed by atoms with E-state index in [1.807, 2.05) is 12.1 Å². The van der Waals surface area contributed by atoms with Crippen LogP contribution >= 0.6 is 0 Å². The second-order valence-electron chi connectivity index (χ2n) is 6.62. The van der Waals surface area contributed by atoms with Gasteiger partial charge in [0.05, 0.1) is 5.69 Å². The molecule has 2 nitrogen and oxygen atoms in total. The first-order chi connectivity index (χ1) is 9.95. The van der Waals surface area contributed by atoms with Crippen LogP contribution in [0.2, 0.25) is 0 Å². The molecule has 1 rings (SSSR count). The van der Waals surface area contributed by atoms with Gasteiger partial charge in [-0.2, -0.15) is 0 Å². The molecule has 0 atom stereocenters. The van der Waals surface area contributed by atoms with Gasteiger partial charge in [0.2, 0.25) is 0 Å². The van der Waals surface area contributed by atoms with Crippen molar-refractivity contribution in [3.8, 4) is 0 Å². The SMILES string of the molecule is CCCNCc1cccc(F)c1N(CC(C)C)CC(C)C. The van der Waals surface area contributed by atoms with Gasteiger partial charge in [0, 0.05) is 19.6 Å². The number of hydrogen-bond acceptors (Lipinski definition) is 2. The third-order valence-corrected chi connectivity index (χ3v) is 3.30. The van der Waals surface area contributed by atoms with Gasteiger partial charge in [-0.3, -0.25) is 0 Å². The number of rotatable bonds is 9. The standard InChI is InChI=1S/C18H31FN2/c1-6-10-20-11-16-8-7-9-17(19)18(16)21(12-14(2)3)13-15(4)5/h7-9,14-15,20H,6,10-13H2,1-5H3. The lowest BCUT2D eigenvalue weighted by molar-refractivity contribution is 0.533. The summed E-state index contributed by atoms with van der Waals surface area (Å²) in [5, 5.41) is 3.39. The second-order valence-corrected chi connectivity index (χ2v) is 6.62. The lowest BCUT2D eigenvalue weighted by Gasteiger charge is -2.31. The van der Waals surface area contributed by atoms with Crippen molar-refractivity contribution in [1.82, 2.24) is 5.32 Å². The topological polar surface area (TPSA) is 15.3 Å². The summed E-state index contributed by atoms with van der Waals surface area (Å²) in [5.41, 5.74) is 1.84. The number of hydrogen-bond donors (Lipinski definition) is 1. The normalized spacial score (nSPS) is 11.4. The molecule has 0 saturated carbocycles. The van der Waals surface area contributed by atoms with E-state index in [-0.39, 0.29) is 5.82 Å². The highest BCUT2D eigenvalue weighted by Gasteiger charge is 2.18. The van der Waals surface area contributed by atoms with E-state index in [2.05, 4.69) is 44.8 Å². The summed E-state index contributed by atoms with van der Waals surface area (Å²) in [6, 6.07) is 5.42. The van der Waals surface area contributed by atoms with E-state index in [1.165, 1.54) is 0 Å².